The zero-order chi connectivity index (χ0) is 12.5. The van der Waals surface area contributed by atoms with Crippen molar-refractivity contribution in [2.75, 3.05) is 32.8 Å². The maximum absolute atomic E-state index is 11.6. The van der Waals surface area contributed by atoms with E-state index in [9.17, 15) is 4.79 Å². The second-order valence-corrected chi connectivity index (χ2v) is 4.41. The largest absolute Gasteiger partial charge is 0.449 e. The molecule has 0 bridgehead atoms. The van der Waals surface area contributed by atoms with E-state index in [1.807, 2.05) is 0 Å². The number of rotatable bonds is 6. The molecule has 1 amide bonds. The van der Waals surface area contributed by atoms with Crippen molar-refractivity contribution in [2.24, 2.45) is 0 Å². The number of hydrogen-bond acceptors (Lipinski definition) is 4. The summed E-state index contributed by atoms with van der Waals surface area (Å²) in [5.41, 5.74) is 0. The van der Waals surface area contributed by atoms with Gasteiger partial charge in [-0.05, 0) is 19.3 Å². The van der Waals surface area contributed by atoms with Gasteiger partial charge in [-0.25, -0.2) is 4.79 Å². The molecule has 0 atom stereocenters. The van der Waals surface area contributed by atoms with Crippen LogP contribution in [-0.2, 0) is 4.74 Å². The van der Waals surface area contributed by atoms with Gasteiger partial charge < -0.3 is 20.1 Å². The van der Waals surface area contributed by atoms with E-state index in [-0.39, 0.29) is 12.7 Å². The molecule has 1 fully saturated rings. The highest BCUT2D eigenvalue weighted by Crippen LogP contribution is 2.11. The number of aliphatic hydroxyl groups excluding tert-OH is 1. The lowest BCUT2D eigenvalue weighted by molar-refractivity contribution is 0.0893. The van der Waals surface area contributed by atoms with Gasteiger partial charge >= 0.3 is 6.09 Å². The fourth-order valence-corrected chi connectivity index (χ4v) is 1.93. The van der Waals surface area contributed by atoms with E-state index in [4.69, 9.17) is 9.84 Å². The molecule has 1 rings (SSSR count). The summed E-state index contributed by atoms with van der Waals surface area (Å²) in [4.78, 5) is 13.4. The fourth-order valence-electron chi connectivity index (χ4n) is 1.93. The Balaban J connectivity index is 2.15. The molecule has 1 aliphatic heterocycles. The number of piperidine rings is 1. The topological polar surface area (TPSA) is 61.8 Å². The molecule has 1 heterocycles. The van der Waals surface area contributed by atoms with E-state index in [1.54, 1.807) is 4.90 Å². The van der Waals surface area contributed by atoms with Gasteiger partial charge in [-0.1, -0.05) is 13.3 Å². The van der Waals surface area contributed by atoms with E-state index >= 15 is 0 Å². The SMILES string of the molecule is CCCCOC(=O)N1CCC(NCCO)CC1. The van der Waals surface area contributed by atoms with Gasteiger partial charge in [0.25, 0.3) is 0 Å². The molecule has 0 aromatic rings. The average molecular weight is 244 g/mol. The number of hydrogen-bond donors (Lipinski definition) is 2. The molecule has 17 heavy (non-hydrogen) atoms. The van der Waals surface area contributed by atoms with Gasteiger partial charge in [-0.2, -0.15) is 0 Å². The van der Waals surface area contributed by atoms with Crippen LogP contribution in [0.15, 0.2) is 0 Å². The van der Waals surface area contributed by atoms with Gasteiger partial charge in [-0.3, -0.25) is 0 Å². The number of amides is 1. The van der Waals surface area contributed by atoms with Crippen LogP contribution in [0.2, 0.25) is 0 Å². The third-order valence-corrected chi connectivity index (χ3v) is 3.02. The minimum Gasteiger partial charge on any atom is -0.449 e. The summed E-state index contributed by atoms with van der Waals surface area (Å²) in [5, 5.41) is 12.0. The lowest BCUT2D eigenvalue weighted by Crippen LogP contribution is -2.45. The molecule has 2 N–H and O–H groups in total. The van der Waals surface area contributed by atoms with Gasteiger partial charge in [0.2, 0.25) is 0 Å². The number of likely N-dealkylation sites (tertiary alicyclic amines) is 1. The summed E-state index contributed by atoms with van der Waals surface area (Å²) in [5.74, 6) is 0. The Hall–Kier alpha value is -0.810. The van der Waals surface area contributed by atoms with Crippen LogP contribution in [0.4, 0.5) is 4.79 Å². The standard InChI is InChI=1S/C12H24N2O3/c1-2-3-10-17-12(16)14-7-4-11(5-8-14)13-6-9-15/h11,13,15H,2-10H2,1H3. The van der Waals surface area contributed by atoms with Crippen LogP contribution >= 0.6 is 0 Å². The molecular formula is C12H24N2O3. The Kier molecular flexibility index (Phi) is 6.96. The maximum atomic E-state index is 11.6. The summed E-state index contributed by atoms with van der Waals surface area (Å²) < 4.78 is 5.16. The smallest absolute Gasteiger partial charge is 0.409 e. The molecule has 1 saturated heterocycles. The first-order valence-electron chi connectivity index (χ1n) is 6.54. The first-order chi connectivity index (χ1) is 8.27. The quantitative estimate of drug-likeness (QED) is 0.683. The minimum atomic E-state index is -0.181. The third kappa shape index (κ3) is 5.37. The van der Waals surface area contributed by atoms with E-state index < -0.39 is 0 Å². The minimum absolute atomic E-state index is 0.166. The van der Waals surface area contributed by atoms with E-state index in [1.165, 1.54) is 0 Å². The number of aliphatic hydroxyl groups is 1. The Morgan fingerprint density at radius 2 is 2.18 bits per heavy atom. The van der Waals surface area contributed by atoms with Crippen molar-refractivity contribution in [1.29, 1.82) is 0 Å². The molecule has 5 nitrogen and oxygen atoms in total. The zero-order valence-electron chi connectivity index (χ0n) is 10.7. The highest BCUT2D eigenvalue weighted by molar-refractivity contribution is 5.67. The van der Waals surface area contributed by atoms with Gasteiger partial charge in [0.15, 0.2) is 0 Å². The fraction of sp³-hybridized carbons (Fsp3) is 0.917. The normalized spacial score (nSPS) is 17.2. The molecule has 5 heteroatoms. The van der Waals surface area contributed by atoms with Gasteiger partial charge in [0.1, 0.15) is 0 Å². The van der Waals surface area contributed by atoms with Crippen LogP contribution in [-0.4, -0.2) is 55.0 Å². The molecular weight excluding hydrogens is 220 g/mol. The van der Waals surface area contributed by atoms with E-state index in [0.29, 0.717) is 19.2 Å². The van der Waals surface area contributed by atoms with Gasteiger partial charge in [0, 0.05) is 25.7 Å². The monoisotopic (exact) mass is 244 g/mol. The molecule has 0 saturated carbocycles. The van der Waals surface area contributed by atoms with Crippen LogP contribution in [0.25, 0.3) is 0 Å². The maximum Gasteiger partial charge on any atom is 0.409 e. The van der Waals surface area contributed by atoms with Crippen molar-refractivity contribution in [1.82, 2.24) is 10.2 Å². The molecule has 0 spiro atoms. The molecule has 0 aliphatic carbocycles. The number of carbonyl (C=O) groups is 1. The van der Waals surface area contributed by atoms with Crippen LogP contribution < -0.4 is 5.32 Å². The number of unbranched alkanes of at least 4 members (excludes halogenated alkanes) is 1. The number of nitrogens with one attached hydrogen (secondary N) is 1. The van der Waals surface area contributed by atoms with Crippen molar-refractivity contribution < 1.29 is 14.6 Å². The molecule has 100 valence electrons. The second-order valence-electron chi connectivity index (χ2n) is 4.41. The van der Waals surface area contributed by atoms with Gasteiger partial charge in [0.05, 0.1) is 13.2 Å². The third-order valence-electron chi connectivity index (χ3n) is 3.02. The first kappa shape index (κ1) is 14.3. The number of ether oxygens (including phenoxy) is 1. The van der Waals surface area contributed by atoms with Crippen LogP contribution in [0.1, 0.15) is 32.6 Å². The summed E-state index contributed by atoms with van der Waals surface area (Å²) in [7, 11) is 0. The molecule has 1 aliphatic rings. The predicted molar refractivity (Wildman–Crippen MR) is 65.9 cm³/mol. The van der Waals surface area contributed by atoms with Crippen molar-refractivity contribution in [2.45, 2.75) is 38.6 Å². The molecule has 0 aromatic heterocycles. The average Bonchev–Trinajstić information content (AvgIpc) is 2.37. The Bertz CT molecular complexity index is 216. The van der Waals surface area contributed by atoms with Gasteiger partial charge in [-0.15, -0.1) is 0 Å². The Labute approximate surface area is 103 Å². The predicted octanol–water partition coefficient (Wildman–Crippen LogP) is 0.969. The highest BCUT2D eigenvalue weighted by Gasteiger charge is 2.22. The van der Waals surface area contributed by atoms with E-state index in [2.05, 4.69) is 12.2 Å². The highest BCUT2D eigenvalue weighted by atomic mass is 16.6. The summed E-state index contributed by atoms with van der Waals surface area (Å²) in [6.07, 6.45) is 3.66. The van der Waals surface area contributed by atoms with E-state index in [0.717, 1.165) is 38.8 Å². The van der Waals surface area contributed by atoms with Crippen molar-refractivity contribution in [3.05, 3.63) is 0 Å². The molecule has 0 unspecified atom stereocenters. The van der Waals surface area contributed by atoms with Crippen LogP contribution in [0.5, 0.6) is 0 Å². The first-order valence-corrected chi connectivity index (χ1v) is 6.54. The lowest BCUT2D eigenvalue weighted by atomic mass is 10.1. The Morgan fingerprint density at radius 3 is 2.76 bits per heavy atom. The summed E-state index contributed by atoms with van der Waals surface area (Å²) >= 11 is 0. The van der Waals surface area contributed by atoms with Crippen LogP contribution in [0.3, 0.4) is 0 Å². The molecule has 0 aromatic carbocycles. The van der Waals surface area contributed by atoms with Crippen LogP contribution in [0, 0.1) is 0 Å². The lowest BCUT2D eigenvalue weighted by Gasteiger charge is -2.31. The van der Waals surface area contributed by atoms with Crippen molar-refractivity contribution in [3.63, 3.8) is 0 Å². The second kappa shape index (κ2) is 8.31. The number of carbonyl (C=O) groups excluding carboxylic acids is 1. The molecule has 0 radical (unpaired) electrons. The summed E-state index contributed by atoms with van der Waals surface area (Å²) in [6.45, 7) is 4.89. The van der Waals surface area contributed by atoms with Crippen molar-refractivity contribution >= 4 is 6.09 Å². The zero-order valence-corrected chi connectivity index (χ0v) is 10.7. The van der Waals surface area contributed by atoms with Crippen molar-refractivity contribution in [3.8, 4) is 0 Å². The number of nitrogens with zero attached hydrogens (tertiary/aromatic N) is 1. The summed E-state index contributed by atoms with van der Waals surface area (Å²) in [6, 6.07) is 0.418. The Morgan fingerprint density at radius 1 is 1.47 bits per heavy atom.